The van der Waals surface area contributed by atoms with Gasteiger partial charge in [0.25, 0.3) is 0 Å². The van der Waals surface area contributed by atoms with Crippen LogP contribution >= 0.6 is 0 Å². The van der Waals surface area contributed by atoms with Gasteiger partial charge in [0.2, 0.25) is 0 Å². The number of nitrogens with one attached hydrogen (secondary N) is 2. The van der Waals surface area contributed by atoms with Crippen molar-refractivity contribution in [3.8, 4) is 0 Å². The number of hydrogen-bond acceptors (Lipinski definition) is 5. The van der Waals surface area contributed by atoms with Crippen molar-refractivity contribution in [1.29, 1.82) is 0 Å². The summed E-state index contributed by atoms with van der Waals surface area (Å²) in [6, 6.07) is -0.653. The maximum absolute atomic E-state index is 11.0. The molecule has 102 valence electrons. The Hall–Kier alpha value is -1.44. The molecule has 18 heavy (non-hydrogen) atoms. The predicted octanol–water partition coefficient (Wildman–Crippen LogP) is -0.342. The van der Waals surface area contributed by atoms with Gasteiger partial charge in [0, 0.05) is 26.3 Å². The summed E-state index contributed by atoms with van der Waals surface area (Å²) in [4.78, 5) is 17.8. The third-order valence-electron chi connectivity index (χ3n) is 2.34. The summed E-state index contributed by atoms with van der Waals surface area (Å²) < 4.78 is 10.1. The van der Waals surface area contributed by atoms with Crippen molar-refractivity contribution in [3.63, 3.8) is 0 Å². The molecule has 0 aliphatic heterocycles. The van der Waals surface area contributed by atoms with Crippen LogP contribution in [0.5, 0.6) is 0 Å². The Balaban J connectivity index is 2.20. The van der Waals surface area contributed by atoms with E-state index in [4.69, 9.17) is 14.6 Å². The number of carboxylic acids is 1. The molecule has 0 fully saturated rings. The van der Waals surface area contributed by atoms with Gasteiger partial charge in [-0.2, -0.15) is 0 Å². The summed E-state index contributed by atoms with van der Waals surface area (Å²) >= 11 is 0. The molecule has 0 amide bonds. The molecule has 1 rings (SSSR count). The number of carboxylic acid groups (broad SMARTS) is 1. The number of methoxy groups -OCH3 is 1. The van der Waals surface area contributed by atoms with Gasteiger partial charge in [-0.05, 0) is 0 Å². The van der Waals surface area contributed by atoms with Gasteiger partial charge >= 0.3 is 5.97 Å². The Kier molecular flexibility index (Phi) is 7.00. The van der Waals surface area contributed by atoms with Crippen molar-refractivity contribution in [2.45, 2.75) is 12.5 Å². The topological polar surface area (TPSA) is 96.5 Å². The van der Waals surface area contributed by atoms with Gasteiger partial charge in [0.05, 0.1) is 31.8 Å². The number of aromatic nitrogens is 2. The molecule has 0 saturated carbocycles. The summed E-state index contributed by atoms with van der Waals surface area (Å²) in [5.41, 5.74) is 0.718. The quantitative estimate of drug-likeness (QED) is 0.496. The van der Waals surface area contributed by atoms with E-state index in [1.54, 1.807) is 13.3 Å². The summed E-state index contributed by atoms with van der Waals surface area (Å²) in [5, 5.41) is 12.0. The average Bonchev–Trinajstić information content (AvgIpc) is 2.84. The zero-order valence-corrected chi connectivity index (χ0v) is 10.4. The van der Waals surface area contributed by atoms with Gasteiger partial charge in [-0.15, -0.1) is 0 Å². The fourth-order valence-electron chi connectivity index (χ4n) is 1.41. The van der Waals surface area contributed by atoms with E-state index < -0.39 is 12.0 Å². The lowest BCUT2D eigenvalue weighted by molar-refractivity contribution is -0.139. The van der Waals surface area contributed by atoms with Crippen LogP contribution in [0.4, 0.5) is 0 Å². The highest BCUT2D eigenvalue weighted by atomic mass is 16.5. The molecule has 0 aliphatic rings. The third-order valence-corrected chi connectivity index (χ3v) is 2.34. The number of rotatable bonds is 10. The Morgan fingerprint density at radius 3 is 3.00 bits per heavy atom. The highest BCUT2D eigenvalue weighted by Gasteiger charge is 2.17. The third kappa shape index (κ3) is 5.76. The Morgan fingerprint density at radius 1 is 1.56 bits per heavy atom. The maximum atomic E-state index is 11.0. The second-order valence-corrected chi connectivity index (χ2v) is 3.71. The Morgan fingerprint density at radius 2 is 2.39 bits per heavy atom. The van der Waals surface area contributed by atoms with Crippen LogP contribution in [0.1, 0.15) is 5.69 Å². The highest BCUT2D eigenvalue weighted by Crippen LogP contribution is 1.98. The van der Waals surface area contributed by atoms with Gasteiger partial charge in [-0.3, -0.25) is 4.79 Å². The summed E-state index contributed by atoms with van der Waals surface area (Å²) in [6.45, 7) is 1.98. The molecule has 1 heterocycles. The molecule has 0 bridgehead atoms. The van der Waals surface area contributed by atoms with E-state index in [-0.39, 0.29) is 0 Å². The number of ether oxygens (including phenoxy) is 2. The minimum Gasteiger partial charge on any atom is -0.480 e. The zero-order valence-electron chi connectivity index (χ0n) is 10.4. The van der Waals surface area contributed by atoms with Crippen molar-refractivity contribution in [1.82, 2.24) is 15.3 Å². The lowest BCUT2D eigenvalue weighted by atomic mass is 10.1. The molecule has 0 spiro atoms. The lowest BCUT2D eigenvalue weighted by Crippen LogP contribution is -2.40. The van der Waals surface area contributed by atoms with Gasteiger partial charge in [0.1, 0.15) is 6.04 Å². The molecule has 7 nitrogen and oxygen atoms in total. The first-order valence-electron chi connectivity index (χ1n) is 5.74. The summed E-state index contributed by atoms with van der Waals surface area (Å²) in [6.07, 6.45) is 3.56. The molecule has 3 N–H and O–H groups in total. The molecule has 0 radical (unpaired) electrons. The second kappa shape index (κ2) is 8.62. The van der Waals surface area contributed by atoms with Crippen LogP contribution in [0, 0.1) is 0 Å². The maximum Gasteiger partial charge on any atom is 0.321 e. The van der Waals surface area contributed by atoms with Gasteiger partial charge in [-0.1, -0.05) is 0 Å². The van der Waals surface area contributed by atoms with Gasteiger partial charge < -0.3 is 24.9 Å². The van der Waals surface area contributed by atoms with E-state index in [1.807, 2.05) is 0 Å². The first-order chi connectivity index (χ1) is 8.74. The SMILES string of the molecule is COCCOCCN[C@@H](Cc1c[nH]cn1)C(=O)O. The fraction of sp³-hybridized carbons (Fsp3) is 0.636. The van der Waals surface area contributed by atoms with Crippen molar-refractivity contribution in [2.24, 2.45) is 0 Å². The Labute approximate surface area is 106 Å². The van der Waals surface area contributed by atoms with E-state index in [0.29, 0.717) is 32.8 Å². The first-order valence-corrected chi connectivity index (χ1v) is 5.74. The number of aromatic amines is 1. The van der Waals surface area contributed by atoms with Crippen molar-refractivity contribution < 1.29 is 19.4 Å². The molecular formula is C11H19N3O4. The molecular weight excluding hydrogens is 238 g/mol. The fourth-order valence-corrected chi connectivity index (χ4v) is 1.41. The van der Waals surface area contributed by atoms with E-state index >= 15 is 0 Å². The number of nitrogens with zero attached hydrogens (tertiary/aromatic N) is 1. The molecule has 0 saturated heterocycles. The molecule has 0 unspecified atom stereocenters. The molecule has 1 aromatic heterocycles. The number of hydrogen-bond donors (Lipinski definition) is 3. The van der Waals surface area contributed by atoms with E-state index in [0.717, 1.165) is 5.69 Å². The minimum absolute atomic E-state index is 0.344. The van der Waals surface area contributed by atoms with Crippen molar-refractivity contribution >= 4 is 5.97 Å². The van der Waals surface area contributed by atoms with Crippen molar-refractivity contribution in [3.05, 3.63) is 18.2 Å². The van der Waals surface area contributed by atoms with Crippen LogP contribution in [-0.4, -0.2) is 60.6 Å². The van der Waals surface area contributed by atoms with Crippen LogP contribution in [0.2, 0.25) is 0 Å². The Bertz CT molecular complexity index is 329. The standard InChI is InChI=1S/C11H19N3O4/c1-17-4-5-18-3-2-13-10(11(15)16)6-9-7-12-8-14-9/h7-8,10,13H,2-6H2,1H3,(H,12,14)(H,15,16)/t10-/m0/s1. The smallest absolute Gasteiger partial charge is 0.321 e. The average molecular weight is 257 g/mol. The highest BCUT2D eigenvalue weighted by molar-refractivity contribution is 5.73. The number of carbonyl (C=O) groups is 1. The molecule has 1 atom stereocenters. The predicted molar refractivity (Wildman–Crippen MR) is 64.4 cm³/mol. The second-order valence-electron chi connectivity index (χ2n) is 3.71. The van der Waals surface area contributed by atoms with Crippen LogP contribution < -0.4 is 5.32 Å². The normalized spacial score (nSPS) is 12.5. The van der Waals surface area contributed by atoms with E-state index in [2.05, 4.69) is 15.3 Å². The van der Waals surface area contributed by atoms with E-state index in [9.17, 15) is 4.79 Å². The van der Waals surface area contributed by atoms with Gasteiger partial charge in [0.15, 0.2) is 0 Å². The monoisotopic (exact) mass is 257 g/mol. The molecule has 0 aliphatic carbocycles. The van der Waals surface area contributed by atoms with Crippen molar-refractivity contribution in [2.75, 3.05) is 33.5 Å². The lowest BCUT2D eigenvalue weighted by Gasteiger charge is -2.13. The van der Waals surface area contributed by atoms with E-state index in [1.165, 1.54) is 6.33 Å². The van der Waals surface area contributed by atoms with Crippen LogP contribution in [0.15, 0.2) is 12.5 Å². The number of H-pyrrole nitrogens is 1. The molecule has 1 aromatic rings. The minimum atomic E-state index is -0.894. The molecule has 0 aromatic carbocycles. The van der Waals surface area contributed by atoms with Crippen LogP contribution in [-0.2, 0) is 20.7 Å². The summed E-state index contributed by atoms with van der Waals surface area (Å²) in [5.74, 6) is -0.894. The number of aliphatic carboxylic acids is 1. The van der Waals surface area contributed by atoms with Crippen LogP contribution in [0.25, 0.3) is 0 Å². The number of imidazole rings is 1. The summed E-state index contributed by atoms with van der Waals surface area (Å²) in [7, 11) is 1.60. The molecule has 7 heteroatoms. The first kappa shape index (κ1) is 14.6. The largest absolute Gasteiger partial charge is 0.480 e. The van der Waals surface area contributed by atoms with Crippen LogP contribution in [0.3, 0.4) is 0 Å². The zero-order chi connectivity index (χ0) is 13.2. The van der Waals surface area contributed by atoms with Gasteiger partial charge in [-0.25, -0.2) is 4.98 Å².